The van der Waals surface area contributed by atoms with E-state index in [-0.39, 0.29) is 0 Å². The molecule has 2 rings (SSSR count). The highest BCUT2D eigenvalue weighted by Gasteiger charge is 2.39. The Labute approximate surface area is 113 Å². The SMILES string of the molecule is CCNC(CCC1CCCO1)C1CCCC1(C)C. The average Bonchev–Trinajstić information content (AvgIpc) is 2.93. The molecule has 1 saturated carbocycles. The van der Waals surface area contributed by atoms with Gasteiger partial charge in [-0.1, -0.05) is 27.2 Å². The molecular weight excluding hydrogens is 222 g/mol. The van der Waals surface area contributed by atoms with Crippen LogP contribution in [0.3, 0.4) is 0 Å². The molecule has 0 aromatic heterocycles. The van der Waals surface area contributed by atoms with E-state index in [0.29, 0.717) is 17.6 Å². The monoisotopic (exact) mass is 253 g/mol. The number of nitrogens with one attached hydrogen (secondary N) is 1. The molecule has 0 spiro atoms. The van der Waals surface area contributed by atoms with Crippen LogP contribution in [0.15, 0.2) is 0 Å². The molecule has 0 amide bonds. The van der Waals surface area contributed by atoms with Gasteiger partial charge in [0.1, 0.15) is 0 Å². The highest BCUT2D eigenvalue weighted by molar-refractivity contribution is 4.92. The predicted octanol–water partition coefficient (Wildman–Crippen LogP) is 3.75. The van der Waals surface area contributed by atoms with Gasteiger partial charge in [-0.2, -0.15) is 0 Å². The van der Waals surface area contributed by atoms with Crippen LogP contribution in [-0.2, 0) is 4.74 Å². The molecule has 1 heterocycles. The van der Waals surface area contributed by atoms with Gasteiger partial charge in [-0.25, -0.2) is 0 Å². The van der Waals surface area contributed by atoms with Gasteiger partial charge in [0.2, 0.25) is 0 Å². The van der Waals surface area contributed by atoms with Crippen molar-refractivity contribution in [2.45, 2.75) is 77.9 Å². The van der Waals surface area contributed by atoms with Crippen LogP contribution in [-0.4, -0.2) is 25.3 Å². The molecule has 1 N–H and O–H groups in total. The number of hydrogen-bond donors (Lipinski definition) is 1. The zero-order chi connectivity index (χ0) is 13.0. The third-order valence-corrected chi connectivity index (χ3v) is 5.12. The largest absolute Gasteiger partial charge is 0.378 e. The Hall–Kier alpha value is -0.0800. The maximum Gasteiger partial charge on any atom is 0.0576 e. The predicted molar refractivity (Wildman–Crippen MR) is 76.8 cm³/mol. The summed E-state index contributed by atoms with van der Waals surface area (Å²) in [5.41, 5.74) is 0.531. The van der Waals surface area contributed by atoms with Crippen molar-refractivity contribution in [2.24, 2.45) is 11.3 Å². The van der Waals surface area contributed by atoms with Crippen molar-refractivity contribution < 1.29 is 4.74 Å². The third kappa shape index (κ3) is 3.48. The number of ether oxygens (including phenoxy) is 1. The third-order valence-electron chi connectivity index (χ3n) is 5.12. The molecule has 0 aromatic rings. The summed E-state index contributed by atoms with van der Waals surface area (Å²) in [4.78, 5) is 0. The maximum atomic E-state index is 5.77. The second kappa shape index (κ2) is 6.38. The lowest BCUT2D eigenvalue weighted by atomic mass is 9.76. The van der Waals surface area contributed by atoms with Crippen molar-refractivity contribution in [3.05, 3.63) is 0 Å². The summed E-state index contributed by atoms with van der Waals surface area (Å²) in [5, 5.41) is 3.75. The zero-order valence-electron chi connectivity index (χ0n) is 12.5. The Morgan fingerprint density at radius 1 is 1.28 bits per heavy atom. The first-order chi connectivity index (χ1) is 8.63. The fourth-order valence-electron chi connectivity index (χ4n) is 4.04. The van der Waals surface area contributed by atoms with Crippen molar-refractivity contribution >= 4 is 0 Å². The standard InChI is InChI=1S/C16H31NO/c1-4-17-15(10-9-13-7-6-12-18-13)14-8-5-11-16(14,2)3/h13-15,17H,4-12H2,1-3H3. The summed E-state index contributed by atoms with van der Waals surface area (Å²) in [5.74, 6) is 0.860. The molecule has 0 bridgehead atoms. The smallest absolute Gasteiger partial charge is 0.0576 e. The van der Waals surface area contributed by atoms with Gasteiger partial charge in [-0.15, -0.1) is 0 Å². The van der Waals surface area contributed by atoms with E-state index in [2.05, 4.69) is 26.1 Å². The number of rotatable bonds is 6. The van der Waals surface area contributed by atoms with Gasteiger partial charge in [-0.05, 0) is 56.4 Å². The molecule has 0 aromatic carbocycles. The Bertz CT molecular complexity index is 245. The molecule has 1 aliphatic heterocycles. The van der Waals surface area contributed by atoms with Crippen molar-refractivity contribution in [3.8, 4) is 0 Å². The fourth-order valence-corrected chi connectivity index (χ4v) is 4.04. The first-order valence-corrected chi connectivity index (χ1v) is 7.98. The van der Waals surface area contributed by atoms with Crippen molar-refractivity contribution in [2.75, 3.05) is 13.2 Å². The van der Waals surface area contributed by atoms with E-state index < -0.39 is 0 Å². The van der Waals surface area contributed by atoms with Gasteiger partial charge in [0.05, 0.1) is 6.10 Å². The molecular formula is C16H31NO. The Morgan fingerprint density at radius 3 is 2.67 bits per heavy atom. The molecule has 106 valence electrons. The molecule has 0 radical (unpaired) electrons. The van der Waals surface area contributed by atoms with Gasteiger partial charge in [0.25, 0.3) is 0 Å². The first-order valence-electron chi connectivity index (χ1n) is 7.98. The van der Waals surface area contributed by atoms with Gasteiger partial charge in [0.15, 0.2) is 0 Å². The Balaban J connectivity index is 1.86. The summed E-state index contributed by atoms with van der Waals surface area (Å²) < 4.78 is 5.77. The van der Waals surface area contributed by atoms with E-state index >= 15 is 0 Å². The molecule has 2 aliphatic rings. The molecule has 1 saturated heterocycles. The lowest BCUT2D eigenvalue weighted by molar-refractivity contribution is 0.0921. The Kier molecular flexibility index (Phi) is 5.08. The summed E-state index contributed by atoms with van der Waals surface area (Å²) in [6, 6.07) is 0.705. The number of hydrogen-bond acceptors (Lipinski definition) is 2. The summed E-state index contributed by atoms with van der Waals surface area (Å²) in [6.07, 6.45) is 9.89. The second-order valence-corrected chi connectivity index (χ2v) is 6.86. The summed E-state index contributed by atoms with van der Waals surface area (Å²) >= 11 is 0. The van der Waals surface area contributed by atoms with Gasteiger partial charge in [0, 0.05) is 12.6 Å². The topological polar surface area (TPSA) is 21.3 Å². The van der Waals surface area contributed by atoms with Crippen molar-refractivity contribution in [3.63, 3.8) is 0 Å². The highest BCUT2D eigenvalue weighted by atomic mass is 16.5. The zero-order valence-corrected chi connectivity index (χ0v) is 12.5. The summed E-state index contributed by atoms with van der Waals surface area (Å²) in [6.45, 7) is 9.25. The fraction of sp³-hybridized carbons (Fsp3) is 1.00. The van der Waals surface area contributed by atoms with Crippen LogP contribution in [0.25, 0.3) is 0 Å². The van der Waals surface area contributed by atoms with Crippen LogP contribution in [0, 0.1) is 11.3 Å². The maximum absolute atomic E-state index is 5.77. The van der Waals surface area contributed by atoms with Gasteiger partial charge in [-0.3, -0.25) is 0 Å². The van der Waals surface area contributed by atoms with E-state index in [1.165, 1.54) is 44.9 Å². The Morgan fingerprint density at radius 2 is 2.11 bits per heavy atom. The minimum absolute atomic E-state index is 0.531. The molecule has 1 aliphatic carbocycles. The molecule has 18 heavy (non-hydrogen) atoms. The minimum atomic E-state index is 0.531. The first kappa shape index (κ1) is 14.3. The van der Waals surface area contributed by atoms with Crippen molar-refractivity contribution in [1.82, 2.24) is 5.32 Å². The van der Waals surface area contributed by atoms with Crippen LogP contribution in [0.2, 0.25) is 0 Å². The van der Waals surface area contributed by atoms with E-state index in [1.807, 2.05) is 0 Å². The molecule has 2 heteroatoms. The highest BCUT2D eigenvalue weighted by Crippen LogP contribution is 2.45. The molecule has 2 fully saturated rings. The van der Waals surface area contributed by atoms with Crippen LogP contribution >= 0.6 is 0 Å². The average molecular weight is 253 g/mol. The van der Waals surface area contributed by atoms with Crippen LogP contribution in [0.4, 0.5) is 0 Å². The van der Waals surface area contributed by atoms with E-state index in [1.54, 1.807) is 0 Å². The lowest BCUT2D eigenvalue weighted by Gasteiger charge is -2.35. The van der Waals surface area contributed by atoms with Gasteiger partial charge >= 0.3 is 0 Å². The lowest BCUT2D eigenvalue weighted by Crippen LogP contribution is -2.41. The molecule has 3 unspecified atom stereocenters. The van der Waals surface area contributed by atoms with Crippen molar-refractivity contribution in [1.29, 1.82) is 0 Å². The quantitative estimate of drug-likeness (QED) is 0.778. The van der Waals surface area contributed by atoms with Crippen LogP contribution < -0.4 is 5.32 Å². The normalized spacial score (nSPS) is 32.8. The van der Waals surface area contributed by atoms with E-state index in [0.717, 1.165) is 19.1 Å². The van der Waals surface area contributed by atoms with Crippen LogP contribution in [0.1, 0.15) is 65.7 Å². The minimum Gasteiger partial charge on any atom is -0.378 e. The summed E-state index contributed by atoms with van der Waals surface area (Å²) in [7, 11) is 0. The molecule has 2 nitrogen and oxygen atoms in total. The van der Waals surface area contributed by atoms with E-state index in [4.69, 9.17) is 4.74 Å². The van der Waals surface area contributed by atoms with E-state index in [9.17, 15) is 0 Å². The van der Waals surface area contributed by atoms with Crippen LogP contribution in [0.5, 0.6) is 0 Å². The van der Waals surface area contributed by atoms with Gasteiger partial charge < -0.3 is 10.1 Å². The molecule has 3 atom stereocenters. The second-order valence-electron chi connectivity index (χ2n) is 6.86.